The Labute approximate surface area is 54.7 Å². The first kappa shape index (κ1) is 5.15. The van der Waals surface area contributed by atoms with Crippen molar-refractivity contribution in [2.75, 3.05) is 0 Å². The maximum atomic E-state index is 4.13. The van der Waals surface area contributed by atoms with Crippen molar-refractivity contribution in [1.29, 1.82) is 0 Å². The van der Waals surface area contributed by atoms with E-state index < -0.39 is 0 Å². The fourth-order valence-corrected chi connectivity index (χ4v) is 1.13. The van der Waals surface area contributed by atoms with Crippen LogP contribution in [-0.2, 0) is 0 Å². The van der Waals surface area contributed by atoms with E-state index in [0.29, 0.717) is 5.92 Å². The third-order valence-corrected chi connectivity index (χ3v) is 1.95. The number of aliphatic imine (C=N–C) groups is 2. The van der Waals surface area contributed by atoms with E-state index in [4.69, 9.17) is 0 Å². The zero-order valence-corrected chi connectivity index (χ0v) is 5.25. The van der Waals surface area contributed by atoms with Crippen molar-refractivity contribution >= 4 is 12.4 Å². The quantitative estimate of drug-likeness (QED) is 0.501. The molecule has 2 nitrogen and oxygen atoms in total. The zero-order chi connectivity index (χ0) is 6.10. The molecule has 0 unspecified atom stereocenters. The summed E-state index contributed by atoms with van der Waals surface area (Å²) in [6.07, 6.45) is 8.55. The summed E-state index contributed by atoms with van der Waals surface area (Å²) in [5.41, 5.74) is 0. The summed E-state index contributed by atoms with van der Waals surface area (Å²) in [4.78, 5) is 8.25. The van der Waals surface area contributed by atoms with Crippen LogP contribution in [0, 0.1) is 12.1 Å². The Balaban J connectivity index is 1.97. The minimum absolute atomic E-state index is 0.694. The molecule has 0 aromatic carbocycles. The molecule has 9 heavy (non-hydrogen) atoms. The highest BCUT2D eigenvalue weighted by molar-refractivity contribution is 6.18. The first-order valence-corrected chi connectivity index (χ1v) is 3.40. The summed E-state index contributed by atoms with van der Waals surface area (Å²) in [6, 6.07) is 0. The predicted octanol–water partition coefficient (Wildman–Crippen LogP) is 1.43. The fourth-order valence-electron chi connectivity index (χ4n) is 1.13. The van der Waals surface area contributed by atoms with Gasteiger partial charge in [-0.1, -0.05) is 6.42 Å². The Kier molecular flexibility index (Phi) is 1.11. The van der Waals surface area contributed by atoms with Crippen molar-refractivity contribution in [3.8, 4) is 0 Å². The lowest BCUT2D eigenvalue weighted by molar-refractivity contribution is 0.327. The van der Waals surface area contributed by atoms with Crippen molar-refractivity contribution in [2.24, 2.45) is 15.9 Å². The van der Waals surface area contributed by atoms with Crippen LogP contribution in [0.3, 0.4) is 0 Å². The van der Waals surface area contributed by atoms with Gasteiger partial charge in [0.05, 0.1) is 0 Å². The van der Waals surface area contributed by atoms with Crippen LogP contribution in [-0.4, -0.2) is 12.4 Å². The predicted molar refractivity (Wildman–Crippen MR) is 37.6 cm³/mol. The first-order chi connectivity index (χ1) is 4.47. The van der Waals surface area contributed by atoms with Gasteiger partial charge in [0.15, 0.2) is 6.17 Å². The van der Waals surface area contributed by atoms with Gasteiger partial charge in [0, 0.05) is 18.3 Å². The van der Waals surface area contributed by atoms with Gasteiger partial charge in [-0.2, -0.15) is 0 Å². The van der Waals surface area contributed by atoms with Crippen LogP contribution in [0.2, 0.25) is 0 Å². The summed E-state index contributed by atoms with van der Waals surface area (Å²) >= 11 is 0. The van der Waals surface area contributed by atoms with Crippen LogP contribution in [0.5, 0.6) is 0 Å². The van der Waals surface area contributed by atoms with Crippen molar-refractivity contribution in [3.05, 3.63) is 6.17 Å². The molecule has 2 rings (SSSR count). The molecule has 0 aromatic rings. The van der Waals surface area contributed by atoms with Crippen LogP contribution >= 0.6 is 0 Å². The molecule has 2 aliphatic rings. The molecule has 1 aliphatic carbocycles. The van der Waals surface area contributed by atoms with E-state index in [1.165, 1.54) is 19.3 Å². The van der Waals surface area contributed by atoms with Crippen molar-refractivity contribution in [1.82, 2.24) is 0 Å². The summed E-state index contributed by atoms with van der Waals surface area (Å²) in [5, 5.41) is 0. The van der Waals surface area contributed by atoms with Crippen LogP contribution < -0.4 is 0 Å². The molecular formula is C7H9N2. The van der Waals surface area contributed by atoms with Gasteiger partial charge >= 0.3 is 0 Å². The van der Waals surface area contributed by atoms with E-state index in [1.54, 1.807) is 12.4 Å². The lowest BCUT2D eigenvalue weighted by Crippen LogP contribution is -2.16. The van der Waals surface area contributed by atoms with E-state index >= 15 is 0 Å². The van der Waals surface area contributed by atoms with Gasteiger partial charge in [-0.05, 0) is 12.8 Å². The fraction of sp³-hybridized carbons (Fsp3) is 0.571. The molecule has 47 valence electrons. The summed E-state index contributed by atoms with van der Waals surface area (Å²) in [6.45, 7) is 0. The maximum Gasteiger partial charge on any atom is 0.197 e. The number of rotatable bonds is 1. The standard InChI is InChI=1S/C7H9N2/c1-2-6(3-1)7-8-4-5-9-7/h4-6H,1-3H2. The Morgan fingerprint density at radius 1 is 1.22 bits per heavy atom. The maximum absolute atomic E-state index is 4.13. The second kappa shape index (κ2) is 1.94. The van der Waals surface area contributed by atoms with Gasteiger partial charge in [-0.25, -0.2) is 0 Å². The van der Waals surface area contributed by atoms with Gasteiger partial charge in [-0.3, -0.25) is 9.98 Å². The largest absolute Gasteiger partial charge is 0.257 e. The Hall–Kier alpha value is -0.660. The lowest BCUT2D eigenvalue weighted by atomic mass is 9.83. The normalized spacial score (nSPS) is 27.1. The SMILES string of the molecule is C1=N[C](C2CCC2)N=C1. The second-order valence-corrected chi connectivity index (χ2v) is 2.54. The Morgan fingerprint density at radius 2 is 1.89 bits per heavy atom. The minimum atomic E-state index is 0.694. The van der Waals surface area contributed by atoms with E-state index in [2.05, 4.69) is 9.98 Å². The molecule has 0 bridgehead atoms. The average Bonchev–Trinajstić information content (AvgIpc) is 2.11. The van der Waals surface area contributed by atoms with Crippen LogP contribution in [0.4, 0.5) is 0 Å². The molecular weight excluding hydrogens is 112 g/mol. The average molecular weight is 121 g/mol. The molecule has 0 atom stereocenters. The molecule has 1 saturated carbocycles. The van der Waals surface area contributed by atoms with Crippen LogP contribution in [0.25, 0.3) is 0 Å². The van der Waals surface area contributed by atoms with Gasteiger partial charge in [0.2, 0.25) is 0 Å². The van der Waals surface area contributed by atoms with Gasteiger partial charge in [0.1, 0.15) is 0 Å². The minimum Gasteiger partial charge on any atom is -0.257 e. The van der Waals surface area contributed by atoms with E-state index in [9.17, 15) is 0 Å². The highest BCUT2D eigenvalue weighted by atomic mass is 15.0. The number of nitrogens with zero attached hydrogens (tertiary/aromatic N) is 2. The molecule has 0 N–H and O–H groups in total. The van der Waals surface area contributed by atoms with Crippen LogP contribution in [0.15, 0.2) is 9.98 Å². The molecule has 1 aliphatic heterocycles. The van der Waals surface area contributed by atoms with E-state index in [-0.39, 0.29) is 0 Å². The van der Waals surface area contributed by atoms with E-state index in [1.807, 2.05) is 0 Å². The monoisotopic (exact) mass is 121 g/mol. The van der Waals surface area contributed by atoms with E-state index in [0.717, 1.165) is 6.17 Å². The number of hydrogen-bond acceptors (Lipinski definition) is 2. The highest BCUT2D eigenvalue weighted by Gasteiger charge is 2.27. The molecule has 1 radical (unpaired) electrons. The van der Waals surface area contributed by atoms with Crippen molar-refractivity contribution in [3.63, 3.8) is 0 Å². The Bertz CT molecular complexity index is 144. The van der Waals surface area contributed by atoms with Crippen LogP contribution in [0.1, 0.15) is 19.3 Å². The second-order valence-electron chi connectivity index (χ2n) is 2.54. The summed E-state index contributed by atoms with van der Waals surface area (Å²) in [5.74, 6) is 0.694. The smallest absolute Gasteiger partial charge is 0.197 e. The molecule has 2 heteroatoms. The van der Waals surface area contributed by atoms with Crippen molar-refractivity contribution < 1.29 is 0 Å². The first-order valence-electron chi connectivity index (χ1n) is 3.40. The molecule has 0 aromatic heterocycles. The van der Waals surface area contributed by atoms with Crippen molar-refractivity contribution in [2.45, 2.75) is 19.3 Å². The molecule has 1 fully saturated rings. The molecule has 0 amide bonds. The zero-order valence-electron chi connectivity index (χ0n) is 5.25. The number of hydrogen-bond donors (Lipinski definition) is 0. The summed E-state index contributed by atoms with van der Waals surface area (Å²) in [7, 11) is 0. The topological polar surface area (TPSA) is 24.7 Å². The summed E-state index contributed by atoms with van der Waals surface area (Å²) < 4.78 is 0. The molecule has 0 spiro atoms. The highest BCUT2D eigenvalue weighted by Crippen LogP contribution is 2.36. The Morgan fingerprint density at radius 3 is 2.33 bits per heavy atom. The third kappa shape index (κ3) is 0.784. The lowest BCUT2D eigenvalue weighted by Gasteiger charge is -2.25. The van der Waals surface area contributed by atoms with Gasteiger partial charge in [-0.15, -0.1) is 0 Å². The molecule has 1 heterocycles. The van der Waals surface area contributed by atoms with Gasteiger partial charge < -0.3 is 0 Å². The molecule has 0 saturated heterocycles. The van der Waals surface area contributed by atoms with Gasteiger partial charge in [0.25, 0.3) is 0 Å². The third-order valence-electron chi connectivity index (χ3n) is 1.95.